The smallest absolute Gasteiger partial charge is 0.397 e. The van der Waals surface area contributed by atoms with Gasteiger partial charge in [0.25, 0.3) is 0 Å². The molecule has 0 spiro atoms. The zero-order valence-electron chi connectivity index (χ0n) is 59.6. The maximum absolute atomic E-state index is 6.87. The Balaban J connectivity index is 2.33. The number of hydrogen-bond donors (Lipinski definition) is 0. The summed E-state index contributed by atoms with van der Waals surface area (Å²) in [6, 6.07) is 13.3. The van der Waals surface area contributed by atoms with E-state index in [0.29, 0.717) is 50.1 Å². The largest absolute Gasteiger partial charge is 0.426 e. The van der Waals surface area contributed by atoms with Gasteiger partial charge in [0, 0.05) is 11.1 Å². The fraction of sp³-hybridized carbons (Fsp3) is 0.846. The molecular weight excluding hydrogens is 1090 g/mol. The summed E-state index contributed by atoms with van der Waals surface area (Å²) in [5, 5.41) is 0. The Hall–Kier alpha value is -1.26. The average Bonchev–Trinajstić information content (AvgIpc) is 1.94. The second kappa shape index (κ2) is 52.3. The van der Waals surface area contributed by atoms with Crippen molar-refractivity contribution in [3.63, 3.8) is 0 Å². The van der Waals surface area contributed by atoms with Crippen LogP contribution >= 0.6 is 17.2 Å². The summed E-state index contributed by atoms with van der Waals surface area (Å²) in [7, 11) is -3.09. The molecule has 4 unspecified atom stereocenters. The molecule has 0 aliphatic rings. The van der Waals surface area contributed by atoms with E-state index in [2.05, 4.69) is 133 Å². The predicted molar refractivity (Wildman–Crippen MR) is 381 cm³/mol. The Morgan fingerprint density at radius 2 is 0.570 bits per heavy atom. The summed E-state index contributed by atoms with van der Waals surface area (Å²) in [6.45, 7) is 35.0. The third kappa shape index (κ3) is 40.6. The first-order valence-electron chi connectivity index (χ1n) is 37.3. The van der Waals surface area contributed by atoms with E-state index in [1.54, 1.807) is 0 Å². The van der Waals surface area contributed by atoms with Gasteiger partial charge in [-0.3, -0.25) is 0 Å². The average molecular weight is 1240 g/mol. The molecule has 0 heterocycles. The lowest BCUT2D eigenvalue weighted by Gasteiger charge is -2.38. The molecule has 8 heteroatoms. The topological polar surface area (TPSA) is 55.4 Å². The molecule has 0 saturated carbocycles. The highest BCUT2D eigenvalue weighted by Crippen LogP contribution is 2.48. The Labute approximate surface area is 539 Å². The van der Waals surface area contributed by atoms with Crippen molar-refractivity contribution in [2.24, 2.45) is 23.7 Å². The number of benzene rings is 2. The van der Waals surface area contributed by atoms with Gasteiger partial charge in [-0.2, -0.15) is 0 Å². The van der Waals surface area contributed by atoms with E-state index in [1.807, 2.05) is 0 Å². The van der Waals surface area contributed by atoms with E-state index in [-0.39, 0.29) is 10.8 Å². The molecule has 4 atom stereocenters. The Morgan fingerprint density at radius 3 is 0.837 bits per heavy atom. The van der Waals surface area contributed by atoms with Crippen LogP contribution in [0.3, 0.4) is 0 Å². The van der Waals surface area contributed by atoms with Crippen molar-refractivity contribution in [1.82, 2.24) is 0 Å². The summed E-state index contributed by atoms with van der Waals surface area (Å²) in [6.07, 6.45) is 54.9. The lowest BCUT2D eigenvalue weighted by Crippen LogP contribution is -2.29. The summed E-state index contributed by atoms with van der Waals surface area (Å²) < 4.78 is 40.7. The van der Waals surface area contributed by atoms with Gasteiger partial charge in [0.05, 0.1) is 26.4 Å². The number of unbranched alkanes of at least 4 members (excludes halogenated alkanes) is 32. The highest BCUT2D eigenvalue weighted by atomic mass is 31.2. The van der Waals surface area contributed by atoms with Crippen molar-refractivity contribution < 1.29 is 27.1 Å². The Morgan fingerprint density at radius 1 is 0.326 bits per heavy atom. The van der Waals surface area contributed by atoms with Gasteiger partial charge in [-0.1, -0.05) is 338 Å². The maximum atomic E-state index is 6.87. The van der Waals surface area contributed by atoms with E-state index < -0.39 is 17.2 Å². The van der Waals surface area contributed by atoms with E-state index in [9.17, 15) is 0 Å². The van der Waals surface area contributed by atoms with E-state index in [4.69, 9.17) is 27.1 Å². The minimum atomic E-state index is -1.55. The number of aryl methyl sites for hydroxylation is 2. The van der Waals surface area contributed by atoms with Gasteiger partial charge in [-0.25, -0.2) is 0 Å². The second-order valence-corrected chi connectivity index (χ2v) is 31.3. The molecule has 502 valence electrons. The molecule has 0 radical (unpaired) electrons. The number of hydrogen-bond acceptors (Lipinski definition) is 6. The van der Waals surface area contributed by atoms with Crippen molar-refractivity contribution in [2.75, 3.05) is 26.4 Å². The summed E-state index contributed by atoms with van der Waals surface area (Å²) in [4.78, 5) is 0. The van der Waals surface area contributed by atoms with Crippen LogP contribution in [0, 0.1) is 37.5 Å². The van der Waals surface area contributed by atoms with Crippen molar-refractivity contribution in [3.05, 3.63) is 58.7 Å². The van der Waals surface area contributed by atoms with Gasteiger partial charge in [0.1, 0.15) is 11.5 Å². The van der Waals surface area contributed by atoms with Crippen molar-refractivity contribution in [1.29, 1.82) is 0 Å². The van der Waals surface area contributed by atoms with Crippen molar-refractivity contribution in [3.8, 4) is 11.5 Å². The first-order chi connectivity index (χ1) is 41.5. The SMILES string of the molecule is CCCCCCCCCCCCCOP(OCCCC(CCCCCCCCC)C(C(C)C)C(CCCCCCCCC)CCCOP(OCCCCCCCCCCCCC)Oc1cc(C)ccc1C(C)(C)C)Oc1cc(C)ccc1C(C)(C)C. The third-order valence-electron chi connectivity index (χ3n) is 18.2. The fourth-order valence-corrected chi connectivity index (χ4v) is 15.1. The molecule has 0 aliphatic heterocycles. The zero-order chi connectivity index (χ0) is 62.9. The van der Waals surface area contributed by atoms with Gasteiger partial charge in [-0.15, -0.1) is 0 Å². The first-order valence-corrected chi connectivity index (χ1v) is 39.4. The number of rotatable bonds is 59. The van der Waals surface area contributed by atoms with Gasteiger partial charge >= 0.3 is 17.2 Å². The van der Waals surface area contributed by atoms with Gasteiger partial charge in [0.2, 0.25) is 0 Å². The first kappa shape index (κ1) is 80.8. The van der Waals surface area contributed by atoms with E-state index in [0.717, 1.165) is 37.2 Å². The molecule has 2 rings (SSSR count). The van der Waals surface area contributed by atoms with Gasteiger partial charge in [0.15, 0.2) is 0 Å². The van der Waals surface area contributed by atoms with Crippen LogP contribution in [0.1, 0.15) is 375 Å². The van der Waals surface area contributed by atoms with Crippen LogP contribution in [0.15, 0.2) is 36.4 Å². The minimum Gasteiger partial charge on any atom is -0.426 e. The van der Waals surface area contributed by atoms with Gasteiger partial charge in [-0.05, 0) is 110 Å². The molecule has 0 bridgehead atoms. The van der Waals surface area contributed by atoms with Crippen molar-refractivity contribution in [2.45, 2.75) is 377 Å². The van der Waals surface area contributed by atoms with Crippen LogP contribution in [-0.4, -0.2) is 26.4 Å². The Kier molecular flexibility index (Phi) is 49.1. The highest BCUT2D eigenvalue weighted by molar-refractivity contribution is 7.42. The Bertz CT molecular complexity index is 1710. The molecule has 0 aliphatic carbocycles. The summed E-state index contributed by atoms with van der Waals surface area (Å²) in [5.41, 5.74) is 4.71. The molecule has 0 amide bonds. The van der Waals surface area contributed by atoms with Crippen LogP contribution in [0.4, 0.5) is 0 Å². The third-order valence-corrected chi connectivity index (χ3v) is 20.4. The lowest BCUT2D eigenvalue weighted by molar-refractivity contribution is 0.111. The zero-order valence-corrected chi connectivity index (χ0v) is 61.4. The molecule has 2 aromatic rings. The monoisotopic (exact) mass is 1240 g/mol. The van der Waals surface area contributed by atoms with Crippen LogP contribution in [0.5, 0.6) is 11.5 Å². The molecular formula is C78H144O6P2. The van der Waals surface area contributed by atoms with Gasteiger partial charge < -0.3 is 27.1 Å². The molecule has 0 aromatic heterocycles. The molecule has 0 fully saturated rings. The van der Waals surface area contributed by atoms with Crippen LogP contribution in [-0.2, 0) is 28.9 Å². The minimum absolute atomic E-state index is 0.0551. The quantitative estimate of drug-likeness (QED) is 0.0486. The summed E-state index contributed by atoms with van der Waals surface area (Å²) >= 11 is 0. The van der Waals surface area contributed by atoms with Crippen LogP contribution in [0.2, 0.25) is 0 Å². The molecule has 86 heavy (non-hydrogen) atoms. The molecule has 0 saturated heterocycles. The van der Waals surface area contributed by atoms with Crippen LogP contribution in [0.25, 0.3) is 0 Å². The standard InChI is InChI=1S/C78H144O6P2/c1-15-19-23-27-31-33-35-37-41-45-49-61-79-85(83-74-65-68(7)57-59-72(74)77(9,10)11)81-63-51-55-70(53-47-43-39-29-25-21-17-3)76(67(5)6)71(54-48-44-40-30-26-22-18-4)56-52-64-82-86(84-75-66-69(8)58-60-73(75)78(12,13)14)80-62-50-46-42-38-36-34-32-28-24-20-16-2/h57-60,65-67,70-71,76H,15-56,61-64H2,1-14H3. The van der Waals surface area contributed by atoms with E-state index >= 15 is 0 Å². The van der Waals surface area contributed by atoms with Crippen molar-refractivity contribution >= 4 is 17.2 Å². The molecule has 0 N–H and O–H groups in total. The summed E-state index contributed by atoms with van der Waals surface area (Å²) in [5.74, 6) is 4.35. The maximum Gasteiger partial charge on any atom is 0.397 e. The second-order valence-electron chi connectivity index (χ2n) is 29.0. The lowest BCUT2D eigenvalue weighted by atomic mass is 9.68. The molecule has 2 aromatic carbocycles. The highest BCUT2D eigenvalue weighted by Gasteiger charge is 2.32. The van der Waals surface area contributed by atoms with E-state index in [1.165, 1.54) is 266 Å². The molecule has 6 nitrogen and oxygen atoms in total. The van der Waals surface area contributed by atoms with Crippen LogP contribution < -0.4 is 9.05 Å². The normalized spacial score (nSPS) is 14.0. The predicted octanol–water partition coefficient (Wildman–Crippen LogP) is 27.8. The fourth-order valence-electron chi connectivity index (χ4n) is 13.0.